The van der Waals surface area contributed by atoms with Gasteiger partial charge in [0, 0.05) is 18.5 Å². The van der Waals surface area contributed by atoms with Crippen LogP contribution in [0.2, 0.25) is 0 Å². The van der Waals surface area contributed by atoms with Gasteiger partial charge in [-0.15, -0.1) is 0 Å². The fraction of sp³-hybridized carbons (Fsp3) is 0.467. The minimum absolute atomic E-state index is 0.0439. The Kier molecular flexibility index (Phi) is 6.68. The third-order valence-corrected chi connectivity index (χ3v) is 2.81. The van der Waals surface area contributed by atoms with Crippen LogP contribution in [-0.2, 0) is 4.79 Å². The first-order chi connectivity index (χ1) is 9.93. The van der Waals surface area contributed by atoms with E-state index in [0.29, 0.717) is 17.9 Å². The molecule has 3 amide bonds. The molecule has 0 aliphatic rings. The summed E-state index contributed by atoms with van der Waals surface area (Å²) in [6.45, 7) is 6.20. The Balaban J connectivity index is 2.75. The van der Waals surface area contributed by atoms with Crippen molar-refractivity contribution in [3.05, 3.63) is 24.3 Å². The van der Waals surface area contributed by atoms with Crippen LogP contribution in [0.1, 0.15) is 20.8 Å². The standard InChI is InChI=1S/C15H24N4O2/c1-10(2)17-15(21)19-13-8-6-5-7-12(13)18-14(20)11(3)9-16-4/h5-8,10-11,16H,9H2,1-4H3,(H,18,20)(H2,17,19,21). The molecule has 0 saturated heterocycles. The number of nitrogens with one attached hydrogen (secondary N) is 4. The number of benzene rings is 1. The lowest BCUT2D eigenvalue weighted by Crippen LogP contribution is -2.34. The summed E-state index contributed by atoms with van der Waals surface area (Å²) in [6.07, 6.45) is 0. The zero-order valence-electron chi connectivity index (χ0n) is 13.0. The molecule has 6 heteroatoms. The van der Waals surface area contributed by atoms with Gasteiger partial charge in [0.1, 0.15) is 0 Å². The number of urea groups is 1. The molecule has 4 N–H and O–H groups in total. The number of carbonyl (C=O) groups is 2. The van der Waals surface area contributed by atoms with E-state index in [1.807, 2.05) is 26.8 Å². The lowest BCUT2D eigenvalue weighted by atomic mass is 10.1. The van der Waals surface area contributed by atoms with Gasteiger partial charge in [0.15, 0.2) is 0 Å². The molecular formula is C15H24N4O2. The maximum absolute atomic E-state index is 12.0. The van der Waals surface area contributed by atoms with E-state index in [4.69, 9.17) is 0 Å². The number of amides is 3. The van der Waals surface area contributed by atoms with Crippen LogP contribution in [0.15, 0.2) is 24.3 Å². The molecule has 1 aromatic carbocycles. The van der Waals surface area contributed by atoms with Crippen molar-refractivity contribution < 1.29 is 9.59 Å². The molecule has 1 aromatic rings. The van der Waals surface area contributed by atoms with Crippen molar-refractivity contribution >= 4 is 23.3 Å². The summed E-state index contributed by atoms with van der Waals surface area (Å²) >= 11 is 0. The third-order valence-electron chi connectivity index (χ3n) is 2.81. The molecule has 0 spiro atoms. The van der Waals surface area contributed by atoms with Crippen LogP contribution in [-0.4, -0.2) is 31.6 Å². The molecule has 0 saturated carbocycles. The van der Waals surface area contributed by atoms with Crippen LogP contribution in [0, 0.1) is 5.92 Å². The predicted octanol–water partition coefficient (Wildman–Crippen LogP) is 2.01. The van der Waals surface area contributed by atoms with Crippen LogP contribution < -0.4 is 21.3 Å². The molecule has 116 valence electrons. The van der Waals surface area contributed by atoms with Crippen molar-refractivity contribution in [3.8, 4) is 0 Å². The summed E-state index contributed by atoms with van der Waals surface area (Å²) in [4.78, 5) is 23.8. The van der Waals surface area contributed by atoms with E-state index in [1.54, 1.807) is 25.2 Å². The SMILES string of the molecule is CNCC(C)C(=O)Nc1ccccc1NC(=O)NC(C)C. The molecule has 1 unspecified atom stereocenters. The Morgan fingerprint density at radius 2 is 1.62 bits per heavy atom. The van der Waals surface area contributed by atoms with Crippen molar-refractivity contribution in [2.24, 2.45) is 5.92 Å². The highest BCUT2D eigenvalue weighted by Gasteiger charge is 2.14. The lowest BCUT2D eigenvalue weighted by molar-refractivity contribution is -0.119. The van der Waals surface area contributed by atoms with Gasteiger partial charge in [0.05, 0.1) is 11.4 Å². The highest BCUT2D eigenvalue weighted by molar-refractivity contribution is 5.99. The summed E-state index contributed by atoms with van der Waals surface area (Å²) in [5.41, 5.74) is 1.16. The minimum atomic E-state index is -0.296. The molecule has 1 atom stereocenters. The maximum atomic E-state index is 12.0. The molecular weight excluding hydrogens is 268 g/mol. The van der Waals surface area contributed by atoms with Gasteiger partial charge in [0.25, 0.3) is 0 Å². The summed E-state index contributed by atoms with van der Waals surface area (Å²) < 4.78 is 0. The van der Waals surface area contributed by atoms with Gasteiger partial charge in [-0.1, -0.05) is 19.1 Å². The Bertz CT molecular complexity index is 488. The summed E-state index contributed by atoms with van der Waals surface area (Å²) in [6, 6.07) is 6.87. The predicted molar refractivity (Wildman–Crippen MR) is 85.5 cm³/mol. The highest BCUT2D eigenvalue weighted by Crippen LogP contribution is 2.21. The molecule has 0 radical (unpaired) electrons. The van der Waals surface area contributed by atoms with Crippen LogP contribution in [0.4, 0.5) is 16.2 Å². The van der Waals surface area contributed by atoms with Gasteiger partial charge in [-0.05, 0) is 33.0 Å². The lowest BCUT2D eigenvalue weighted by Gasteiger charge is -2.16. The van der Waals surface area contributed by atoms with Crippen molar-refractivity contribution in [1.82, 2.24) is 10.6 Å². The molecule has 0 heterocycles. The van der Waals surface area contributed by atoms with Crippen molar-refractivity contribution in [2.75, 3.05) is 24.2 Å². The number of hydrogen-bond donors (Lipinski definition) is 4. The zero-order chi connectivity index (χ0) is 15.8. The van der Waals surface area contributed by atoms with Gasteiger partial charge in [-0.2, -0.15) is 0 Å². The van der Waals surface area contributed by atoms with Gasteiger partial charge in [0.2, 0.25) is 5.91 Å². The molecule has 0 aliphatic heterocycles. The van der Waals surface area contributed by atoms with Gasteiger partial charge in [-0.25, -0.2) is 4.79 Å². The van der Waals surface area contributed by atoms with E-state index in [1.165, 1.54) is 0 Å². The molecule has 0 bridgehead atoms. The van der Waals surface area contributed by atoms with Crippen molar-refractivity contribution in [1.29, 1.82) is 0 Å². The molecule has 0 aliphatic carbocycles. The fourth-order valence-corrected chi connectivity index (χ4v) is 1.78. The van der Waals surface area contributed by atoms with Crippen molar-refractivity contribution in [2.45, 2.75) is 26.8 Å². The Hall–Kier alpha value is -2.08. The summed E-state index contributed by atoms with van der Waals surface area (Å²) in [5.74, 6) is -0.254. The summed E-state index contributed by atoms with van der Waals surface area (Å²) in [7, 11) is 1.80. The molecule has 1 rings (SSSR count). The second-order valence-corrected chi connectivity index (χ2v) is 5.25. The summed E-state index contributed by atoms with van der Waals surface area (Å²) in [5, 5.41) is 11.3. The van der Waals surface area contributed by atoms with Crippen LogP contribution in [0.5, 0.6) is 0 Å². The average Bonchev–Trinajstić information content (AvgIpc) is 2.40. The minimum Gasteiger partial charge on any atom is -0.336 e. The Morgan fingerprint density at radius 3 is 2.14 bits per heavy atom. The Morgan fingerprint density at radius 1 is 1.05 bits per heavy atom. The average molecular weight is 292 g/mol. The molecule has 0 fully saturated rings. The topological polar surface area (TPSA) is 82.3 Å². The maximum Gasteiger partial charge on any atom is 0.319 e. The number of carbonyl (C=O) groups excluding carboxylic acids is 2. The molecule has 21 heavy (non-hydrogen) atoms. The highest BCUT2D eigenvalue weighted by atomic mass is 16.2. The second kappa shape index (κ2) is 8.26. The van der Waals surface area contributed by atoms with E-state index < -0.39 is 0 Å². The van der Waals surface area contributed by atoms with Crippen LogP contribution in [0.3, 0.4) is 0 Å². The van der Waals surface area contributed by atoms with E-state index >= 15 is 0 Å². The normalized spacial score (nSPS) is 11.9. The quantitative estimate of drug-likeness (QED) is 0.647. The molecule has 0 aromatic heterocycles. The van der Waals surface area contributed by atoms with Gasteiger partial charge < -0.3 is 21.3 Å². The van der Waals surface area contributed by atoms with E-state index in [0.717, 1.165) is 0 Å². The van der Waals surface area contributed by atoms with Crippen LogP contribution in [0.25, 0.3) is 0 Å². The van der Waals surface area contributed by atoms with Gasteiger partial charge in [-0.3, -0.25) is 4.79 Å². The van der Waals surface area contributed by atoms with Gasteiger partial charge >= 0.3 is 6.03 Å². The zero-order valence-corrected chi connectivity index (χ0v) is 13.0. The number of para-hydroxylation sites is 2. The van der Waals surface area contributed by atoms with E-state index in [-0.39, 0.29) is 23.9 Å². The number of rotatable bonds is 6. The second-order valence-electron chi connectivity index (χ2n) is 5.25. The largest absolute Gasteiger partial charge is 0.336 e. The molecule has 6 nitrogen and oxygen atoms in total. The van der Waals surface area contributed by atoms with Crippen molar-refractivity contribution in [3.63, 3.8) is 0 Å². The monoisotopic (exact) mass is 292 g/mol. The number of hydrogen-bond acceptors (Lipinski definition) is 3. The Labute approximate surface area is 125 Å². The first-order valence-electron chi connectivity index (χ1n) is 7.06. The van der Waals surface area contributed by atoms with Crippen LogP contribution >= 0.6 is 0 Å². The number of anilines is 2. The first kappa shape index (κ1) is 17.0. The van der Waals surface area contributed by atoms with E-state index in [9.17, 15) is 9.59 Å². The first-order valence-corrected chi connectivity index (χ1v) is 7.06. The fourth-order valence-electron chi connectivity index (χ4n) is 1.78. The smallest absolute Gasteiger partial charge is 0.319 e. The van der Waals surface area contributed by atoms with E-state index in [2.05, 4.69) is 21.3 Å². The third kappa shape index (κ3) is 5.83.